The minimum absolute atomic E-state index is 0.0663. The molecule has 22 heavy (non-hydrogen) atoms. The first-order valence-corrected chi connectivity index (χ1v) is 9.30. The van der Waals surface area contributed by atoms with Crippen molar-refractivity contribution in [3.8, 4) is 0 Å². The van der Waals surface area contributed by atoms with E-state index in [0.29, 0.717) is 18.4 Å². The maximum atomic E-state index is 12.9. The average Bonchev–Trinajstić information content (AvgIpc) is 3.32. The molecule has 4 aliphatic rings. The van der Waals surface area contributed by atoms with Crippen LogP contribution in [0.2, 0.25) is 0 Å². The highest BCUT2D eigenvalue weighted by Crippen LogP contribution is 2.37. The van der Waals surface area contributed by atoms with Crippen molar-refractivity contribution in [2.24, 2.45) is 23.7 Å². The molecule has 0 N–H and O–H groups in total. The molecule has 0 radical (unpaired) electrons. The summed E-state index contributed by atoms with van der Waals surface area (Å²) in [5.41, 5.74) is 0. The topological polar surface area (TPSA) is 40.6 Å². The third-order valence-corrected chi connectivity index (χ3v) is 6.30. The summed E-state index contributed by atoms with van der Waals surface area (Å²) >= 11 is 0. The molecule has 4 fully saturated rings. The van der Waals surface area contributed by atoms with Crippen molar-refractivity contribution >= 4 is 11.8 Å². The molecule has 2 saturated carbocycles. The lowest BCUT2D eigenvalue weighted by molar-refractivity contribution is -0.141. The number of amides is 2. The van der Waals surface area contributed by atoms with Gasteiger partial charge in [0.15, 0.2) is 0 Å². The quantitative estimate of drug-likeness (QED) is 0.785. The predicted molar refractivity (Wildman–Crippen MR) is 84.1 cm³/mol. The van der Waals surface area contributed by atoms with Gasteiger partial charge in [0.1, 0.15) is 0 Å². The molecule has 3 atom stereocenters. The Morgan fingerprint density at radius 2 is 1.27 bits per heavy atom. The highest BCUT2D eigenvalue weighted by atomic mass is 16.2. The molecular formula is C18H28N2O2. The standard InChI is InChI=1S/C18H28N2O2/c21-17(13-7-8-13)19-9-3-6-16(12-19)18(22)20-10-14-4-1-2-5-15(14)11-20/h13-16H,1-12H2/t14-,15-,16-/m0/s1. The predicted octanol–water partition coefficient (Wildman–Crippen LogP) is 2.28. The Morgan fingerprint density at radius 3 is 1.91 bits per heavy atom. The Bertz CT molecular complexity index is 446. The van der Waals surface area contributed by atoms with Crippen LogP contribution in [0.4, 0.5) is 0 Å². The molecular weight excluding hydrogens is 276 g/mol. The molecule has 0 aromatic carbocycles. The molecule has 0 unspecified atom stereocenters. The van der Waals surface area contributed by atoms with E-state index in [1.54, 1.807) is 0 Å². The summed E-state index contributed by atoms with van der Waals surface area (Å²) in [6, 6.07) is 0. The smallest absolute Gasteiger partial charge is 0.227 e. The van der Waals surface area contributed by atoms with E-state index in [1.807, 2.05) is 4.90 Å². The summed E-state index contributed by atoms with van der Waals surface area (Å²) in [5, 5.41) is 0. The van der Waals surface area contributed by atoms with Crippen molar-refractivity contribution in [3.05, 3.63) is 0 Å². The van der Waals surface area contributed by atoms with Crippen molar-refractivity contribution in [3.63, 3.8) is 0 Å². The van der Waals surface area contributed by atoms with Gasteiger partial charge in [-0.05, 0) is 50.4 Å². The Hall–Kier alpha value is -1.06. The lowest BCUT2D eigenvalue weighted by Gasteiger charge is -2.34. The molecule has 4 rings (SSSR count). The van der Waals surface area contributed by atoms with Crippen molar-refractivity contribution in [1.29, 1.82) is 0 Å². The van der Waals surface area contributed by atoms with E-state index >= 15 is 0 Å². The van der Waals surface area contributed by atoms with Crippen LogP contribution in [0.15, 0.2) is 0 Å². The van der Waals surface area contributed by atoms with E-state index in [-0.39, 0.29) is 11.8 Å². The molecule has 2 amide bonds. The number of carbonyl (C=O) groups is 2. The second-order valence-corrected chi connectivity index (χ2v) is 7.95. The van der Waals surface area contributed by atoms with E-state index in [1.165, 1.54) is 25.7 Å². The highest BCUT2D eigenvalue weighted by molar-refractivity contribution is 5.83. The minimum Gasteiger partial charge on any atom is -0.342 e. The van der Waals surface area contributed by atoms with Gasteiger partial charge >= 0.3 is 0 Å². The summed E-state index contributed by atoms with van der Waals surface area (Å²) in [6.45, 7) is 3.51. The normalized spacial score (nSPS) is 35.4. The number of hydrogen-bond acceptors (Lipinski definition) is 2. The number of fused-ring (bicyclic) bond motifs is 1. The van der Waals surface area contributed by atoms with Gasteiger partial charge in [0, 0.05) is 32.1 Å². The maximum absolute atomic E-state index is 12.9. The molecule has 2 saturated heterocycles. The van der Waals surface area contributed by atoms with Crippen LogP contribution in [0.1, 0.15) is 51.4 Å². The highest BCUT2D eigenvalue weighted by Gasteiger charge is 2.41. The fourth-order valence-corrected chi connectivity index (χ4v) is 4.81. The van der Waals surface area contributed by atoms with Crippen molar-refractivity contribution in [1.82, 2.24) is 9.80 Å². The monoisotopic (exact) mass is 304 g/mol. The summed E-state index contributed by atoms with van der Waals surface area (Å²) in [5.74, 6) is 2.51. The summed E-state index contributed by atoms with van der Waals surface area (Å²) in [6.07, 6.45) is 9.39. The van der Waals surface area contributed by atoms with Crippen molar-refractivity contribution < 1.29 is 9.59 Å². The first kappa shape index (κ1) is 14.5. The van der Waals surface area contributed by atoms with Crippen molar-refractivity contribution in [2.75, 3.05) is 26.2 Å². The molecule has 4 nitrogen and oxygen atoms in total. The number of carbonyl (C=O) groups excluding carboxylic acids is 2. The lowest BCUT2D eigenvalue weighted by atomic mass is 9.82. The Labute approximate surface area is 133 Å². The molecule has 122 valence electrons. The number of likely N-dealkylation sites (tertiary alicyclic amines) is 2. The van der Waals surface area contributed by atoms with Gasteiger partial charge in [-0.1, -0.05) is 12.8 Å². The number of nitrogens with zero attached hydrogens (tertiary/aromatic N) is 2. The zero-order valence-electron chi connectivity index (χ0n) is 13.5. The minimum atomic E-state index is 0.0663. The molecule has 0 aromatic heterocycles. The van der Waals surface area contributed by atoms with Gasteiger partial charge in [-0.25, -0.2) is 0 Å². The average molecular weight is 304 g/mol. The largest absolute Gasteiger partial charge is 0.342 e. The third kappa shape index (κ3) is 2.77. The second-order valence-electron chi connectivity index (χ2n) is 7.95. The second kappa shape index (κ2) is 5.86. The number of rotatable bonds is 2. The van der Waals surface area contributed by atoms with Crippen LogP contribution < -0.4 is 0 Å². The summed E-state index contributed by atoms with van der Waals surface area (Å²) in [7, 11) is 0. The Balaban J connectivity index is 1.36. The molecule has 0 spiro atoms. The zero-order valence-corrected chi connectivity index (χ0v) is 13.5. The first-order chi connectivity index (χ1) is 10.7. The van der Waals surface area contributed by atoms with Crippen LogP contribution in [0.25, 0.3) is 0 Å². The SMILES string of the molecule is O=C(C1CC1)N1CCC[C@H](C(=O)N2C[C@@H]3CCCC[C@H]3C2)C1. The van der Waals surface area contributed by atoms with E-state index in [0.717, 1.165) is 57.2 Å². The van der Waals surface area contributed by atoms with Crippen molar-refractivity contribution in [2.45, 2.75) is 51.4 Å². The van der Waals surface area contributed by atoms with Gasteiger partial charge in [0.05, 0.1) is 5.92 Å². The molecule has 0 bridgehead atoms. The van der Waals surface area contributed by atoms with Gasteiger partial charge in [-0.15, -0.1) is 0 Å². The van der Waals surface area contributed by atoms with E-state index < -0.39 is 0 Å². The molecule has 2 aliphatic heterocycles. The fourth-order valence-electron chi connectivity index (χ4n) is 4.81. The Kier molecular flexibility index (Phi) is 3.87. The van der Waals surface area contributed by atoms with Gasteiger partial charge < -0.3 is 9.80 Å². The Morgan fingerprint density at radius 1 is 0.636 bits per heavy atom. The van der Waals surface area contributed by atoms with Crippen LogP contribution in [-0.4, -0.2) is 47.8 Å². The van der Waals surface area contributed by atoms with Crippen LogP contribution in [0, 0.1) is 23.7 Å². The van der Waals surface area contributed by atoms with Gasteiger partial charge in [0.25, 0.3) is 0 Å². The molecule has 0 aromatic rings. The summed E-state index contributed by atoms with van der Waals surface area (Å²) < 4.78 is 0. The van der Waals surface area contributed by atoms with E-state index in [9.17, 15) is 9.59 Å². The van der Waals surface area contributed by atoms with Gasteiger partial charge in [0.2, 0.25) is 11.8 Å². The molecule has 2 heterocycles. The zero-order chi connectivity index (χ0) is 15.1. The number of hydrogen-bond donors (Lipinski definition) is 0. The van der Waals surface area contributed by atoms with Gasteiger partial charge in [-0.3, -0.25) is 9.59 Å². The number of piperidine rings is 1. The molecule has 2 aliphatic carbocycles. The first-order valence-electron chi connectivity index (χ1n) is 9.30. The third-order valence-electron chi connectivity index (χ3n) is 6.30. The summed E-state index contributed by atoms with van der Waals surface area (Å²) in [4.78, 5) is 29.3. The van der Waals surface area contributed by atoms with Crippen LogP contribution in [0.3, 0.4) is 0 Å². The fraction of sp³-hybridized carbons (Fsp3) is 0.889. The van der Waals surface area contributed by atoms with Crippen LogP contribution >= 0.6 is 0 Å². The molecule has 4 heteroatoms. The van der Waals surface area contributed by atoms with E-state index in [2.05, 4.69) is 4.90 Å². The van der Waals surface area contributed by atoms with Crippen LogP contribution in [-0.2, 0) is 9.59 Å². The maximum Gasteiger partial charge on any atom is 0.227 e. The van der Waals surface area contributed by atoms with Crippen LogP contribution in [0.5, 0.6) is 0 Å². The van der Waals surface area contributed by atoms with E-state index in [4.69, 9.17) is 0 Å². The lowest BCUT2D eigenvalue weighted by Crippen LogP contribution is -2.46. The van der Waals surface area contributed by atoms with Gasteiger partial charge in [-0.2, -0.15) is 0 Å².